The van der Waals surface area contributed by atoms with Crippen molar-refractivity contribution < 1.29 is 28.5 Å². The Labute approximate surface area is 216 Å². The van der Waals surface area contributed by atoms with E-state index in [9.17, 15) is 9.59 Å². The molecule has 0 N–H and O–H groups in total. The first-order valence-corrected chi connectivity index (χ1v) is 12.6. The Morgan fingerprint density at radius 1 is 1.03 bits per heavy atom. The van der Waals surface area contributed by atoms with Gasteiger partial charge in [-0.05, 0) is 59.4 Å². The maximum atomic E-state index is 12.9. The number of hydrogen-bond donors (Lipinski definition) is 0. The smallest absolute Gasteiger partial charge is 0.323 e. The van der Waals surface area contributed by atoms with Gasteiger partial charge in [-0.2, -0.15) is 0 Å². The average molecular weight is 502 g/mol. The number of methoxy groups -OCH3 is 1. The van der Waals surface area contributed by atoms with E-state index in [-0.39, 0.29) is 30.1 Å². The molecular weight excluding hydrogens is 470 g/mol. The summed E-state index contributed by atoms with van der Waals surface area (Å²) in [7, 11) is 1.45. The highest BCUT2D eigenvalue weighted by Crippen LogP contribution is 2.42. The Bertz CT molecular complexity index is 1270. The molecule has 7 nitrogen and oxygen atoms in total. The SMILES string of the molecule is CC[C@@H](c1ccccc1)N1Cc2cc3c(cc2C[C@H]1C(=O)OC)OC[C@H](c1ccc(OC(C)=O)cc1)O3. The van der Waals surface area contributed by atoms with Crippen LogP contribution < -0.4 is 14.2 Å². The van der Waals surface area contributed by atoms with Gasteiger partial charge in [-0.1, -0.05) is 49.4 Å². The number of rotatable bonds is 6. The van der Waals surface area contributed by atoms with Gasteiger partial charge in [0, 0.05) is 19.5 Å². The van der Waals surface area contributed by atoms with Gasteiger partial charge >= 0.3 is 11.9 Å². The minimum absolute atomic E-state index is 0.0788. The fourth-order valence-electron chi connectivity index (χ4n) is 5.27. The van der Waals surface area contributed by atoms with Gasteiger partial charge in [0.15, 0.2) is 17.6 Å². The molecule has 0 bridgehead atoms. The van der Waals surface area contributed by atoms with E-state index in [2.05, 4.69) is 24.0 Å². The number of hydrogen-bond acceptors (Lipinski definition) is 7. The molecule has 0 saturated carbocycles. The van der Waals surface area contributed by atoms with Crippen LogP contribution >= 0.6 is 0 Å². The summed E-state index contributed by atoms with van der Waals surface area (Å²) in [6.45, 7) is 4.47. The minimum Gasteiger partial charge on any atom is -0.485 e. The quantitative estimate of drug-likeness (QED) is 0.341. The fraction of sp³-hybridized carbons (Fsp3) is 0.333. The van der Waals surface area contributed by atoms with Crippen molar-refractivity contribution in [3.05, 3.63) is 89.0 Å². The first kappa shape index (κ1) is 24.8. The van der Waals surface area contributed by atoms with Crippen LogP contribution in [0.1, 0.15) is 54.7 Å². The lowest BCUT2D eigenvalue weighted by Crippen LogP contribution is -2.47. The van der Waals surface area contributed by atoms with Gasteiger partial charge in [-0.15, -0.1) is 0 Å². The predicted octanol–water partition coefficient (Wildman–Crippen LogP) is 5.18. The van der Waals surface area contributed by atoms with Crippen LogP contribution in [0.3, 0.4) is 0 Å². The molecule has 5 rings (SSSR count). The number of esters is 2. The number of ether oxygens (including phenoxy) is 4. The van der Waals surface area contributed by atoms with Crippen LogP contribution in [0.5, 0.6) is 17.2 Å². The van der Waals surface area contributed by atoms with Crippen LogP contribution in [0.25, 0.3) is 0 Å². The van der Waals surface area contributed by atoms with Crippen LogP contribution in [0.2, 0.25) is 0 Å². The molecule has 0 aromatic heterocycles. The van der Waals surface area contributed by atoms with Crippen molar-refractivity contribution >= 4 is 11.9 Å². The molecule has 2 heterocycles. The van der Waals surface area contributed by atoms with E-state index in [1.54, 1.807) is 12.1 Å². The Kier molecular flexibility index (Phi) is 7.15. The lowest BCUT2D eigenvalue weighted by Gasteiger charge is -2.41. The summed E-state index contributed by atoms with van der Waals surface area (Å²) >= 11 is 0. The maximum Gasteiger partial charge on any atom is 0.323 e. The minimum atomic E-state index is -0.381. The molecular formula is C30H31NO6. The standard InChI is InChI=1S/C30H31NO6/c1-4-25(20-8-6-5-7-9-20)31-17-23-16-28-27(15-22(23)14-26(31)30(33)34-3)35-18-29(37-28)21-10-12-24(13-11-21)36-19(2)32/h5-13,15-16,25-26,29H,4,14,17-18H2,1-3H3/t25-,26-,29+/m0/s1. The van der Waals surface area contributed by atoms with Crippen LogP contribution in [-0.4, -0.2) is 36.6 Å². The van der Waals surface area contributed by atoms with Crippen molar-refractivity contribution in [2.75, 3.05) is 13.7 Å². The van der Waals surface area contributed by atoms with Gasteiger partial charge in [-0.3, -0.25) is 14.5 Å². The van der Waals surface area contributed by atoms with Crippen molar-refractivity contribution in [1.82, 2.24) is 4.90 Å². The van der Waals surface area contributed by atoms with Gasteiger partial charge in [0.1, 0.15) is 18.4 Å². The van der Waals surface area contributed by atoms with E-state index >= 15 is 0 Å². The molecule has 2 aliphatic rings. The van der Waals surface area contributed by atoms with E-state index in [0.29, 0.717) is 36.8 Å². The van der Waals surface area contributed by atoms with E-state index in [4.69, 9.17) is 18.9 Å². The number of fused-ring (bicyclic) bond motifs is 2. The lowest BCUT2D eigenvalue weighted by atomic mass is 9.89. The molecule has 3 atom stereocenters. The summed E-state index contributed by atoms with van der Waals surface area (Å²) in [6.07, 6.45) is 1.12. The Morgan fingerprint density at radius 3 is 2.43 bits per heavy atom. The number of carbonyl (C=O) groups is 2. The molecule has 2 aliphatic heterocycles. The highest BCUT2D eigenvalue weighted by molar-refractivity contribution is 5.77. The van der Waals surface area contributed by atoms with Gasteiger partial charge in [-0.25, -0.2) is 0 Å². The molecule has 7 heteroatoms. The first-order valence-electron chi connectivity index (χ1n) is 12.6. The zero-order valence-corrected chi connectivity index (χ0v) is 21.3. The van der Waals surface area contributed by atoms with Crippen LogP contribution in [0.15, 0.2) is 66.7 Å². The molecule has 0 aliphatic carbocycles. The molecule has 3 aromatic carbocycles. The van der Waals surface area contributed by atoms with Crippen LogP contribution in [0.4, 0.5) is 0 Å². The van der Waals surface area contributed by atoms with Crippen molar-refractivity contribution in [3.63, 3.8) is 0 Å². The summed E-state index contributed by atoms with van der Waals surface area (Å²) in [4.78, 5) is 26.3. The molecule has 0 spiro atoms. The van der Waals surface area contributed by atoms with Crippen molar-refractivity contribution in [2.45, 2.75) is 51.4 Å². The molecule has 37 heavy (non-hydrogen) atoms. The number of benzene rings is 3. The Morgan fingerprint density at radius 2 is 1.76 bits per heavy atom. The highest BCUT2D eigenvalue weighted by atomic mass is 16.6. The lowest BCUT2D eigenvalue weighted by molar-refractivity contribution is -0.149. The molecule has 3 aromatic rings. The molecule has 0 saturated heterocycles. The van der Waals surface area contributed by atoms with Gasteiger partial charge in [0.2, 0.25) is 0 Å². The number of carbonyl (C=O) groups excluding carboxylic acids is 2. The largest absolute Gasteiger partial charge is 0.485 e. The second-order valence-corrected chi connectivity index (χ2v) is 9.40. The normalized spacial score (nSPS) is 19.4. The van der Waals surface area contributed by atoms with E-state index in [1.165, 1.54) is 19.6 Å². The highest BCUT2D eigenvalue weighted by Gasteiger charge is 2.38. The summed E-state index contributed by atoms with van der Waals surface area (Å²) in [5, 5.41) is 0. The molecule has 0 unspecified atom stereocenters. The second kappa shape index (κ2) is 10.6. The van der Waals surface area contributed by atoms with E-state index in [1.807, 2.05) is 42.5 Å². The monoisotopic (exact) mass is 501 g/mol. The fourth-order valence-corrected chi connectivity index (χ4v) is 5.27. The predicted molar refractivity (Wildman–Crippen MR) is 138 cm³/mol. The van der Waals surface area contributed by atoms with E-state index < -0.39 is 0 Å². The van der Waals surface area contributed by atoms with Crippen molar-refractivity contribution in [3.8, 4) is 17.2 Å². The molecule has 0 radical (unpaired) electrons. The maximum absolute atomic E-state index is 12.9. The van der Waals surface area contributed by atoms with Gasteiger partial charge in [0.05, 0.1) is 7.11 Å². The molecule has 0 amide bonds. The summed E-state index contributed by atoms with van der Waals surface area (Å²) in [5.41, 5.74) is 4.29. The van der Waals surface area contributed by atoms with Crippen molar-refractivity contribution in [1.29, 1.82) is 0 Å². The van der Waals surface area contributed by atoms with E-state index in [0.717, 1.165) is 23.1 Å². The van der Waals surface area contributed by atoms with Crippen molar-refractivity contribution in [2.24, 2.45) is 0 Å². The Balaban J connectivity index is 1.42. The second-order valence-electron chi connectivity index (χ2n) is 9.40. The summed E-state index contributed by atoms with van der Waals surface area (Å²) < 4.78 is 22.8. The topological polar surface area (TPSA) is 74.3 Å². The van der Waals surface area contributed by atoms with Crippen LogP contribution in [0, 0.1) is 0 Å². The van der Waals surface area contributed by atoms with Gasteiger partial charge < -0.3 is 18.9 Å². The zero-order valence-electron chi connectivity index (χ0n) is 21.3. The third kappa shape index (κ3) is 5.18. The van der Waals surface area contributed by atoms with Gasteiger partial charge in [0.25, 0.3) is 0 Å². The molecule has 0 fully saturated rings. The third-order valence-electron chi connectivity index (χ3n) is 7.05. The zero-order chi connectivity index (χ0) is 25.9. The molecule has 192 valence electrons. The third-order valence-corrected chi connectivity index (χ3v) is 7.05. The number of nitrogens with zero attached hydrogens (tertiary/aromatic N) is 1. The van der Waals surface area contributed by atoms with Crippen LogP contribution in [-0.2, 0) is 27.3 Å². The average Bonchev–Trinajstić information content (AvgIpc) is 2.92. The Hall–Kier alpha value is -3.84. The summed E-state index contributed by atoms with van der Waals surface area (Å²) in [5.74, 6) is 1.27. The summed E-state index contributed by atoms with van der Waals surface area (Å²) in [6, 6.07) is 21.3. The first-order chi connectivity index (χ1) is 18.0.